The quantitative estimate of drug-likeness (QED) is 0.445. The van der Waals surface area contributed by atoms with E-state index in [1.807, 2.05) is 12.1 Å². The Morgan fingerprint density at radius 2 is 1.91 bits per heavy atom. The minimum atomic E-state index is -0.383. The van der Waals surface area contributed by atoms with Crippen LogP contribution in [-0.2, 0) is 0 Å². The Bertz CT molecular complexity index is 1360. The highest BCUT2D eigenvalue weighted by Gasteiger charge is 2.26. The van der Waals surface area contributed by atoms with Gasteiger partial charge in [0.05, 0.1) is 11.1 Å². The van der Waals surface area contributed by atoms with Gasteiger partial charge in [0.15, 0.2) is 11.6 Å². The molecule has 2 aliphatic rings. The number of imidazole rings is 1. The second-order valence-corrected chi connectivity index (χ2v) is 8.18. The van der Waals surface area contributed by atoms with Crippen LogP contribution in [-0.4, -0.2) is 63.0 Å². The van der Waals surface area contributed by atoms with Gasteiger partial charge in [0, 0.05) is 73.9 Å². The first-order valence-corrected chi connectivity index (χ1v) is 10.8. The van der Waals surface area contributed by atoms with Gasteiger partial charge in [0.2, 0.25) is 0 Å². The molecule has 0 atom stereocenters. The maximum atomic E-state index is 15.8. The SMILES string of the molecule is CN1CCN(c2nccc3[nH]c(C4=CNNc5ncc(-c6cccnc6)c(F)c54)nc23)CC1. The third-order valence-electron chi connectivity index (χ3n) is 6.10. The third-order valence-corrected chi connectivity index (χ3v) is 6.10. The van der Waals surface area contributed by atoms with Crippen LogP contribution >= 0.6 is 0 Å². The lowest BCUT2D eigenvalue weighted by atomic mass is 10.00. The minimum Gasteiger partial charge on any atom is -0.352 e. The molecule has 10 heteroatoms. The van der Waals surface area contributed by atoms with Gasteiger partial charge in [-0.2, -0.15) is 0 Å². The van der Waals surface area contributed by atoms with Gasteiger partial charge in [-0.1, -0.05) is 6.07 Å². The zero-order valence-electron chi connectivity index (χ0n) is 18.0. The van der Waals surface area contributed by atoms with Crippen LogP contribution in [0.25, 0.3) is 27.7 Å². The summed E-state index contributed by atoms with van der Waals surface area (Å²) in [5, 5.41) is 0. The van der Waals surface area contributed by atoms with Gasteiger partial charge in [-0.05, 0) is 19.2 Å². The second-order valence-electron chi connectivity index (χ2n) is 8.18. The number of aromatic nitrogens is 5. The lowest BCUT2D eigenvalue weighted by Gasteiger charge is -2.33. The van der Waals surface area contributed by atoms with Gasteiger partial charge in [-0.15, -0.1) is 0 Å². The summed E-state index contributed by atoms with van der Waals surface area (Å²) in [7, 11) is 2.12. The van der Waals surface area contributed by atoms with E-state index in [4.69, 9.17) is 4.98 Å². The van der Waals surface area contributed by atoms with Crippen molar-refractivity contribution in [2.45, 2.75) is 0 Å². The maximum Gasteiger partial charge on any atom is 0.156 e. The number of likely N-dealkylation sites (N-methyl/N-ethyl adjacent to an activating group) is 1. The molecular formula is C23H22FN9. The van der Waals surface area contributed by atoms with Gasteiger partial charge in [0.1, 0.15) is 17.2 Å². The molecule has 0 spiro atoms. The number of piperazine rings is 1. The van der Waals surface area contributed by atoms with Crippen molar-refractivity contribution in [3.8, 4) is 11.1 Å². The number of fused-ring (bicyclic) bond motifs is 2. The number of hydrogen-bond acceptors (Lipinski definition) is 8. The molecule has 4 aromatic heterocycles. The fourth-order valence-corrected chi connectivity index (χ4v) is 4.29. The Labute approximate surface area is 189 Å². The van der Waals surface area contributed by atoms with Gasteiger partial charge in [0.25, 0.3) is 0 Å². The number of pyridine rings is 3. The first-order valence-electron chi connectivity index (χ1n) is 10.8. The molecule has 166 valence electrons. The van der Waals surface area contributed by atoms with Crippen LogP contribution < -0.4 is 15.8 Å². The van der Waals surface area contributed by atoms with E-state index < -0.39 is 0 Å². The average molecular weight is 443 g/mol. The molecule has 9 nitrogen and oxygen atoms in total. The predicted molar refractivity (Wildman–Crippen MR) is 125 cm³/mol. The molecule has 33 heavy (non-hydrogen) atoms. The summed E-state index contributed by atoms with van der Waals surface area (Å²) >= 11 is 0. The van der Waals surface area contributed by atoms with E-state index in [1.54, 1.807) is 30.9 Å². The zero-order valence-corrected chi connectivity index (χ0v) is 18.0. The summed E-state index contributed by atoms with van der Waals surface area (Å²) in [5.74, 6) is 1.41. The zero-order chi connectivity index (χ0) is 22.4. The van der Waals surface area contributed by atoms with Crippen molar-refractivity contribution in [1.29, 1.82) is 0 Å². The van der Waals surface area contributed by atoms with E-state index >= 15 is 4.39 Å². The molecule has 3 N–H and O–H groups in total. The largest absolute Gasteiger partial charge is 0.352 e. The molecule has 0 unspecified atom stereocenters. The topological polar surface area (TPSA) is 97.9 Å². The number of rotatable bonds is 3. The van der Waals surface area contributed by atoms with Gasteiger partial charge < -0.3 is 20.2 Å². The van der Waals surface area contributed by atoms with Gasteiger partial charge in [-0.3, -0.25) is 10.4 Å². The third kappa shape index (κ3) is 3.35. The molecule has 0 aliphatic carbocycles. The van der Waals surface area contributed by atoms with Crippen molar-refractivity contribution in [2.24, 2.45) is 0 Å². The van der Waals surface area contributed by atoms with Crippen LogP contribution in [0, 0.1) is 5.82 Å². The Kier molecular flexibility index (Phi) is 4.65. The number of anilines is 2. The van der Waals surface area contributed by atoms with Crippen LogP contribution in [0.5, 0.6) is 0 Å². The molecule has 1 saturated heterocycles. The van der Waals surface area contributed by atoms with Crippen molar-refractivity contribution in [1.82, 2.24) is 35.2 Å². The normalized spacial score (nSPS) is 16.2. The summed E-state index contributed by atoms with van der Waals surface area (Å²) < 4.78 is 15.8. The monoisotopic (exact) mass is 443 g/mol. The number of H-pyrrole nitrogens is 1. The van der Waals surface area contributed by atoms with Crippen molar-refractivity contribution >= 4 is 28.2 Å². The van der Waals surface area contributed by atoms with E-state index in [0.29, 0.717) is 33.9 Å². The highest BCUT2D eigenvalue weighted by molar-refractivity contribution is 5.92. The van der Waals surface area contributed by atoms with Gasteiger partial charge in [-0.25, -0.2) is 19.3 Å². The average Bonchev–Trinajstić information content (AvgIpc) is 3.29. The maximum absolute atomic E-state index is 15.8. The molecule has 1 fully saturated rings. The second kappa shape index (κ2) is 7.82. The summed E-state index contributed by atoms with van der Waals surface area (Å²) in [6.45, 7) is 3.71. The van der Waals surface area contributed by atoms with E-state index in [-0.39, 0.29) is 5.82 Å². The first kappa shape index (κ1) is 19.6. The number of hydrazine groups is 1. The molecule has 0 aromatic carbocycles. The number of nitrogens with zero attached hydrogens (tertiary/aromatic N) is 6. The molecule has 6 heterocycles. The lowest BCUT2D eigenvalue weighted by Crippen LogP contribution is -2.44. The molecule has 6 rings (SSSR count). The van der Waals surface area contributed by atoms with Crippen LogP contribution in [0.15, 0.2) is 49.2 Å². The van der Waals surface area contributed by atoms with Crippen molar-refractivity contribution in [3.63, 3.8) is 0 Å². The molecule has 0 radical (unpaired) electrons. The van der Waals surface area contributed by atoms with Crippen molar-refractivity contribution in [3.05, 3.63) is 66.4 Å². The molecule has 0 bridgehead atoms. The molecule has 2 aliphatic heterocycles. The highest BCUT2D eigenvalue weighted by Crippen LogP contribution is 2.36. The summed E-state index contributed by atoms with van der Waals surface area (Å²) in [6.07, 6.45) is 8.27. The highest BCUT2D eigenvalue weighted by atomic mass is 19.1. The summed E-state index contributed by atoms with van der Waals surface area (Å²) in [5.41, 5.74) is 9.48. The molecule has 4 aromatic rings. The first-order chi connectivity index (χ1) is 16.2. The van der Waals surface area contributed by atoms with Crippen LogP contribution in [0.1, 0.15) is 11.4 Å². The van der Waals surface area contributed by atoms with Crippen LogP contribution in [0.2, 0.25) is 0 Å². The Morgan fingerprint density at radius 1 is 1.03 bits per heavy atom. The van der Waals surface area contributed by atoms with E-state index in [1.165, 1.54) is 6.20 Å². The Morgan fingerprint density at radius 3 is 2.73 bits per heavy atom. The number of halogens is 1. The number of aromatic amines is 1. The van der Waals surface area contributed by atoms with E-state index in [9.17, 15) is 0 Å². The van der Waals surface area contributed by atoms with E-state index in [0.717, 1.165) is 43.0 Å². The smallest absolute Gasteiger partial charge is 0.156 e. The fraction of sp³-hybridized carbons (Fsp3) is 0.217. The standard InChI is InChI=1S/C23H22FN9/c1-32-7-9-33(10-8-32)23-20-17(4-6-26-23)29-21(30-20)16-13-28-31-22-18(16)19(24)15(12-27-22)14-3-2-5-25-11-14/h2-6,11-13,28H,7-10H2,1H3,(H,27,31)(H,29,30). The number of nitrogens with one attached hydrogen (secondary N) is 3. The predicted octanol–water partition coefficient (Wildman–Crippen LogP) is 2.63. The Hall–Kier alpha value is -4.05. The fourth-order valence-electron chi connectivity index (χ4n) is 4.29. The Balaban J connectivity index is 1.44. The van der Waals surface area contributed by atoms with Crippen LogP contribution in [0.4, 0.5) is 16.0 Å². The van der Waals surface area contributed by atoms with Crippen molar-refractivity contribution in [2.75, 3.05) is 43.6 Å². The molecule has 0 amide bonds. The number of hydrogen-bond donors (Lipinski definition) is 3. The summed E-state index contributed by atoms with van der Waals surface area (Å²) in [6, 6.07) is 5.48. The summed E-state index contributed by atoms with van der Waals surface area (Å²) in [4.78, 5) is 25.9. The van der Waals surface area contributed by atoms with Crippen molar-refractivity contribution < 1.29 is 4.39 Å². The molecular weight excluding hydrogens is 421 g/mol. The van der Waals surface area contributed by atoms with Gasteiger partial charge >= 0.3 is 0 Å². The lowest BCUT2D eigenvalue weighted by molar-refractivity contribution is 0.312. The van der Waals surface area contributed by atoms with Crippen LogP contribution in [0.3, 0.4) is 0 Å². The molecule has 0 saturated carbocycles. The van der Waals surface area contributed by atoms with E-state index in [2.05, 4.69) is 47.6 Å². The minimum absolute atomic E-state index is 0.350.